The summed E-state index contributed by atoms with van der Waals surface area (Å²) in [7, 11) is 1.29. The molecule has 4 N–H and O–H groups in total. The Kier molecular flexibility index (Phi) is 6.80. The van der Waals surface area contributed by atoms with Crippen molar-refractivity contribution in [3.63, 3.8) is 0 Å². The molecule has 12 nitrogen and oxygen atoms in total. The normalized spacial score (nSPS) is 13.0. The van der Waals surface area contributed by atoms with E-state index in [0.29, 0.717) is 0 Å². The van der Waals surface area contributed by atoms with Gasteiger partial charge in [-0.15, -0.1) is 5.10 Å². The highest BCUT2D eigenvalue weighted by atomic mass is 16.7. The summed E-state index contributed by atoms with van der Waals surface area (Å²) in [6, 6.07) is 15.9. The maximum atomic E-state index is 12.3. The molecule has 12 heteroatoms. The molecule has 0 radical (unpaired) electrons. The molecule has 34 heavy (non-hydrogen) atoms. The van der Waals surface area contributed by atoms with Crippen molar-refractivity contribution < 1.29 is 33.8 Å². The highest BCUT2D eigenvalue weighted by Crippen LogP contribution is 2.44. The molecule has 1 aliphatic carbocycles. The van der Waals surface area contributed by atoms with Gasteiger partial charge in [-0.3, -0.25) is 20.0 Å². The third-order valence-corrected chi connectivity index (χ3v) is 5.15. The lowest BCUT2D eigenvalue weighted by molar-refractivity contribution is -0.158. The molecule has 1 aromatic heterocycles. The number of rotatable bonds is 9. The lowest BCUT2D eigenvalue weighted by Gasteiger charge is -2.13. The Bertz CT molecular complexity index is 1170. The van der Waals surface area contributed by atoms with Gasteiger partial charge in [0, 0.05) is 13.0 Å². The lowest BCUT2D eigenvalue weighted by Crippen LogP contribution is -2.37. The van der Waals surface area contributed by atoms with Crippen LogP contribution in [0.2, 0.25) is 0 Å². The molecular weight excluding hydrogens is 446 g/mol. The third kappa shape index (κ3) is 4.87. The predicted molar refractivity (Wildman–Crippen MR) is 117 cm³/mol. The molecule has 0 saturated carbocycles. The molecule has 176 valence electrons. The fraction of sp³-hybridized carbons (Fsp3) is 0.227. The number of hydrogen-bond donors (Lipinski definition) is 4. The van der Waals surface area contributed by atoms with E-state index < -0.39 is 24.1 Å². The largest absolute Gasteiger partial charge is 0.479 e. The Morgan fingerprint density at radius 1 is 1.09 bits per heavy atom. The van der Waals surface area contributed by atoms with Crippen LogP contribution in [0.25, 0.3) is 11.1 Å². The molecule has 2 aromatic carbocycles. The Balaban J connectivity index is 1.33. The predicted octanol–water partition coefficient (Wildman–Crippen LogP) is 1.93. The van der Waals surface area contributed by atoms with Crippen LogP contribution in [0.1, 0.15) is 27.7 Å². The topological polar surface area (TPSA) is 165 Å². The Labute approximate surface area is 193 Å². The van der Waals surface area contributed by atoms with E-state index in [-0.39, 0.29) is 30.9 Å². The summed E-state index contributed by atoms with van der Waals surface area (Å²) in [5, 5.41) is 17.4. The van der Waals surface area contributed by atoms with Gasteiger partial charge in [-0.1, -0.05) is 48.5 Å². The van der Waals surface area contributed by atoms with Crippen LogP contribution in [0.4, 0.5) is 10.7 Å². The van der Waals surface area contributed by atoms with Crippen molar-refractivity contribution in [3.05, 3.63) is 65.5 Å². The lowest BCUT2D eigenvalue weighted by atomic mass is 9.98. The zero-order valence-electron chi connectivity index (χ0n) is 18.0. The smallest absolute Gasteiger partial charge is 0.414 e. The second-order valence-corrected chi connectivity index (χ2v) is 7.29. The summed E-state index contributed by atoms with van der Waals surface area (Å²) >= 11 is 0. The van der Waals surface area contributed by atoms with E-state index in [9.17, 15) is 14.4 Å². The number of aromatic amines is 1. The van der Waals surface area contributed by atoms with Crippen LogP contribution in [-0.4, -0.2) is 64.7 Å². The number of hydroxylamine groups is 1. The molecule has 1 atom stereocenters. The van der Waals surface area contributed by atoms with Crippen LogP contribution < -0.4 is 10.8 Å². The summed E-state index contributed by atoms with van der Waals surface area (Å²) in [5.41, 5.74) is 6.29. The number of aliphatic carboxylic acids is 1. The van der Waals surface area contributed by atoms with E-state index in [2.05, 4.69) is 20.5 Å². The maximum absolute atomic E-state index is 12.3. The SMILES string of the molecule is COCC(ONC(=O)c1nc(NC(=O)OCC2c3ccccc3-c3ccccc32)n[nH]1)C(=O)O. The number of nitrogens with one attached hydrogen (secondary N) is 3. The average molecular weight is 467 g/mol. The number of fused-ring (bicyclic) bond motifs is 3. The number of benzene rings is 2. The first-order valence-corrected chi connectivity index (χ1v) is 10.2. The van der Waals surface area contributed by atoms with Crippen LogP contribution in [0.3, 0.4) is 0 Å². The number of H-pyrrole nitrogens is 1. The summed E-state index contributed by atoms with van der Waals surface area (Å²) in [5.74, 6) is -2.84. The zero-order valence-corrected chi connectivity index (χ0v) is 18.0. The van der Waals surface area contributed by atoms with E-state index in [4.69, 9.17) is 19.4 Å². The number of hydrogen-bond acceptors (Lipinski definition) is 8. The molecule has 2 amide bonds. The van der Waals surface area contributed by atoms with Gasteiger partial charge in [0.1, 0.15) is 6.61 Å². The molecule has 0 bridgehead atoms. The fourth-order valence-corrected chi connectivity index (χ4v) is 3.63. The van der Waals surface area contributed by atoms with Crippen LogP contribution in [0.5, 0.6) is 0 Å². The van der Waals surface area contributed by atoms with E-state index in [1.54, 1.807) is 0 Å². The molecule has 4 rings (SSSR count). The first-order chi connectivity index (χ1) is 16.5. The molecule has 3 aromatic rings. The number of methoxy groups -OCH3 is 1. The summed E-state index contributed by atoms with van der Waals surface area (Å²) in [6.07, 6.45) is -2.20. The molecule has 0 fully saturated rings. The molecule has 1 heterocycles. The van der Waals surface area contributed by atoms with Crippen LogP contribution in [0.15, 0.2) is 48.5 Å². The minimum Gasteiger partial charge on any atom is -0.479 e. The van der Waals surface area contributed by atoms with Crippen molar-refractivity contribution >= 4 is 23.9 Å². The van der Waals surface area contributed by atoms with Crippen molar-refractivity contribution in [1.29, 1.82) is 0 Å². The fourth-order valence-electron chi connectivity index (χ4n) is 3.63. The molecular formula is C22H21N5O7. The van der Waals surface area contributed by atoms with Crippen molar-refractivity contribution in [3.8, 4) is 11.1 Å². The number of carbonyl (C=O) groups is 3. The Hall–Kier alpha value is -4.29. The van der Waals surface area contributed by atoms with Gasteiger partial charge in [0.05, 0.1) is 6.61 Å². The second kappa shape index (κ2) is 10.1. The molecule has 1 aliphatic rings. The maximum Gasteiger partial charge on any atom is 0.414 e. The summed E-state index contributed by atoms with van der Waals surface area (Å²) < 4.78 is 10.1. The molecule has 0 aliphatic heterocycles. The Morgan fingerprint density at radius 2 is 1.74 bits per heavy atom. The number of carboxylic acid groups (broad SMARTS) is 1. The molecule has 0 spiro atoms. The van der Waals surface area contributed by atoms with Gasteiger partial charge in [0.15, 0.2) is 0 Å². The van der Waals surface area contributed by atoms with E-state index in [1.807, 2.05) is 54.0 Å². The van der Waals surface area contributed by atoms with Crippen molar-refractivity contribution in [1.82, 2.24) is 20.7 Å². The zero-order chi connectivity index (χ0) is 24.1. The second-order valence-electron chi connectivity index (χ2n) is 7.29. The minimum absolute atomic E-state index is 0.0988. The number of nitrogens with zero attached hydrogens (tertiary/aromatic N) is 2. The van der Waals surface area contributed by atoms with Gasteiger partial charge in [0.25, 0.3) is 5.95 Å². The number of aromatic nitrogens is 3. The van der Waals surface area contributed by atoms with Gasteiger partial charge < -0.3 is 14.6 Å². The van der Waals surface area contributed by atoms with Crippen LogP contribution in [0, 0.1) is 0 Å². The number of amides is 2. The van der Waals surface area contributed by atoms with E-state index in [0.717, 1.165) is 22.3 Å². The summed E-state index contributed by atoms with van der Waals surface area (Å²) in [4.78, 5) is 44.0. The molecule has 0 saturated heterocycles. The highest BCUT2D eigenvalue weighted by Gasteiger charge is 2.29. The van der Waals surface area contributed by atoms with Gasteiger partial charge in [-0.05, 0) is 22.3 Å². The molecule has 1 unspecified atom stereocenters. The highest BCUT2D eigenvalue weighted by molar-refractivity contribution is 5.90. The number of ether oxygens (including phenoxy) is 2. The number of carbonyl (C=O) groups excluding carboxylic acids is 2. The minimum atomic E-state index is -1.41. The van der Waals surface area contributed by atoms with Crippen LogP contribution in [-0.2, 0) is 19.1 Å². The third-order valence-electron chi connectivity index (χ3n) is 5.15. The monoisotopic (exact) mass is 467 g/mol. The standard InChI is InChI=1S/C22H21N5O7/c1-32-11-17(20(29)30)34-27-19(28)18-23-21(26-25-18)24-22(31)33-10-16-14-8-4-2-6-12(14)13-7-3-5-9-15(13)16/h2-9,16-17H,10-11H2,1H3,(H,27,28)(H,29,30)(H2,23,24,25,26,31). The summed E-state index contributed by atoms with van der Waals surface area (Å²) in [6.45, 7) is -0.178. The first-order valence-electron chi connectivity index (χ1n) is 10.2. The van der Waals surface area contributed by atoms with Crippen molar-refractivity contribution in [2.75, 3.05) is 25.6 Å². The number of anilines is 1. The van der Waals surface area contributed by atoms with E-state index >= 15 is 0 Å². The van der Waals surface area contributed by atoms with Gasteiger partial charge in [-0.2, -0.15) is 4.98 Å². The first kappa shape index (κ1) is 22.9. The van der Waals surface area contributed by atoms with Crippen molar-refractivity contribution in [2.45, 2.75) is 12.0 Å². The Morgan fingerprint density at radius 3 is 2.35 bits per heavy atom. The van der Waals surface area contributed by atoms with Gasteiger partial charge in [-0.25, -0.2) is 15.1 Å². The van der Waals surface area contributed by atoms with Gasteiger partial charge >= 0.3 is 18.0 Å². The number of carboxylic acids is 1. The van der Waals surface area contributed by atoms with Gasteiger partial charge in [0.2, 0.25) is 11.9 Å². The average Bonchev–Trinajstić information content (AvgIpc) is 3.43. The van der Waals surface area contributed by atoms with E-state index in [1.165, 1.54) is 7.11 Å². The quantitative estimate of drug-likeness (QED) is 0.344. The van der Waals surface area contributed by atoms with Crippen molar-refractivity contribution in [2.24, 2.45) is 0 Å². The van der Waals surface area contributed by atoms with Crippen LogP contribution >= 0.6 is 0 Å².